The van der Waals surface area contributed by atoms with Gasteiger partial charge in [-0.3, -0.25) is 9.59 Å². The smallest absolute Gasteiger partial charge is 0.325 e. The van der Waals surface area contributed by atoms with Gasteiger partial charge in [0.1, 0.15) is 6.54 Å². The van der Waals surface area contributed by atoms with Crippen LogP contribution < -0.4 is 0 Å². The van der Waals surface area contributed by atoms with Crippen molar-refractivity contribution in [2.24, 2.45) is 0 Å². The number of rotatable bonds is 8. The van der Waals surface area contributed by atoms with Crippen LogP contribution in [0.15, 0.2) is 0 Å². The highest BCUT2D eigenvalue weighted by atomic mass is 16.5. The highest BCUT2D eigenvalue weighted by Gasteiger charge is 2.40. The summed E-state index contributed by atoms with van der Waals surface area (Å²) in [5.74, 6) is -0.360. The number of hydrogen-bond acceptors (Lipinski definition) is 4. The first-order valence-corrected chi connectivity index (χ1v) is 7.05. The Morgan fingerprint density at radius 2 is 1.95 bits per heavy atom. The molecule has 0 N–H and O–H groups in total. The van der Waals surface area contributed by atoms with E-state index < -0.39 is 0 Å². The zero-order valence-electron chi connectivity index (χ0n) is 12.2. The van der Waals surface area contributed by atoms with Crippen molar-refractivity contribution in [3.8, 4) is 0 Å². The first-order chi connectivity index (χ1) is 9.06. The van der Waals surface area contributed by atoms with Gasteiger partial charge in [0, 0.05) is 13.7 Å². The predicted octanol–water partition coefficient (Wildman–Crippen LogP) is 1.75. The number of carbonyl (C=O) groups excluding carboxylic acids is 2. The van der Waals surface area contributed by atoms with Crippen molar-refractivity contribution in [2.45, 2.75) is 51.6 Å². The Balaban J connectivity index is 2.54. The van der Waals surface area contributed by atoms with Gasteiger partial charge < -0.3 is 14.4 Å². The van der Waals surface area contributed by atoms with E-state index >= 15 is 0 Å². The SMILES string of the molecule is CCCN(CC(=O)OCC)C(=O)CC1(OC)CCC1. The van der Waals surface area contributed by atoms with E-state index in [4.69, 9.17) is 9.47 Å². The number of carbonyl (C=O) groups is 2. The van der Waals surface area contributed by atoms with Gasteiger partial charge in [-0.1, -0.05) is 6.92 Å². The topological polar surface area (TPSA) is 55.8 Å². The molecule has 1 fully saturated rings. The molecule has 0 aromatic rings. The number of nitrogens with zero attached hydrogens (tertiary/aromatic N) is 1. The molecule has 0 aromatic heterocycles. The molecule has 1 rings (SSSR count). The number of methoxy groups -OCH3 is 1. The van der Waals surface area contributed by atoms with Gasteiger partial charge in [0.2, 0.25) is 5.91 Å². The van der Waals surface area contributed by atoms with E-state index in [1.54, 1.807) is 18.9 Å². The van der Waals surface area contributed by atoms with Gasteiger partial charge in [0.25, 0.3) is 0 Å². The molecule has 0 atom stereocenters. The molecule has 5 nitrogen and oxygen atoms in total. The van der Waals surface area contributed by atoms with Crippen LogP contribution >= 0.6 is 0 Å². The summed E-state index contributed by atoms with van der Waals surface area (Å²) in [6.45, 7) is 4.71. The van der Waals surface area contributed by atoms with Crippen LogP contribution in [0, 0.1) is 0 Å². The van der Waals surface area contributed by atoms with Crippen LogP contribution in [0.1, 0.15) is 46.0 Å². The van der Waals surface area contributed by atoms with Gasteiger partial charge >= 0.3 is 5.97 Å². The minimum atomic E-state index is -0.343. The maximum atomic E-state index is 12.3. The lowest BCUT2D eigenvalue weighted by molar-refractivity contribution is -0.153. The van der Waals surface area contributed by atoms with Crippen molar-refractivity contribution >= 4 is 11.9 Å². The lowest BCUT2D eigenvalue weighted by atomic mass is 9.77. The van der Waals surface area contributed by atoms with Gasteiger partial charge in [-0.15, -0.1) is 0 Å². The van der Waals surface area contributed by atoms with E-state index in [1.165, 1.54) is 0 Å². The maximum absolute atomic E-state index is 12.3. The molecule has 0 spiro atoms. The lowest BCUT2D eigenvalue weighted by Gasteiger charge is -2.41. The first kappa shape index (κ1) is 16.0. The van der Waals surface area contributed by atoms with Gasteiger partial charge in [-0.25, -0.2) is 0 Å². The van der Waals surface area contributed by atoms with E-state index in [2.05, 4.69) is 0 Å². The fraction of sp³-hybridized carbons (Fsp3) is 0.857. The maximum Gasteiger partial charge on any atom is 0.325 e. The third-order valence-electron chi connectivity index (χ3n) is 3.64. The molecule has 1 aliphatic carbocycles. The quantitative estimate of drug-likeness (QED) is 0.631. The monoisotopic (exact) mass is 271 g/mol. The summed E-state index contributed by atoms with van der Waals surface area (Å²) in [4.78, 5) is 25.4. The van der Waals surface area contributed by atoms with Crippen molar-refractivity contribution < 1.29 is 19.1 Å². The van der Waals surface area contributed by atoms with Crippen LogP contribution in [0.2, 0.25) is 0 Å². The molecule has 110 valence electrons. The third kappa shape index (κ3) is 4.49. The van der Waals surface area contributed by atoms with Crippen molar-refractivity contribution in [3.63, 3.8) is 0 Å². The zero-order chi connectivity index (χ0) is 14.3. The minimum Gasteiger partial charge on any atom is -0.465 e. The minimum absolute atomic E-state index is 0.0172. The molecule has 0 heterocycles. The Hall–Kier alpha value is -1.10. The summed E-state index contributed by atoms with van der Waals surface area (Å²) in [6, 6.07) is 0. The molecular weight excluding hydrogens is 246 g/mol. The van der Waals surface area contributed by atoms with Crippen LogP contribution in [-0.2, 0) is 19.1 Å². The summed E-state index contributed by atoms with van der Waals surface area (Å²) in [7, 11) is 1.65. The van der Waals surface area contributed by atoms with Gasteiger partial charge in [0.05, 0.1) is 18.6 Å². The predicted molar refractivity (Wildman–Crippen MR) is 71.7 cm³/mol. The molecule has 0 aromatic carbocycles. The molecule has 5 heteroatoms. The zero-order valence-corrected chi connectivity index (χ0v) is 12.2. The van der Waals surface area contributed by atoms with E-state index in [1.807, 2.05) is 6.92 Å². The second kappa shape index (κ2) is 7.48. The molecule has 0 aliphatic heterocycles. The second-order valence-electron chi connectivity index (χ2n) is 5.04. The Kier molecular flexibility index (Phi) is 6.28. The summed E-state index contributed by atoms with van der Waals surface area (Å²) < 4.78 is 10.4. The molecular formula is C14H25NO4. The molecule has 0 radical (unpaired) electrons. The van der Waals surface area contributed by atoms with Gasteiger partial charge in [-0.2, -0.15) is 0 Å². The summed E-state index contributed by atoms with van der Waals surface area (Å²) in [5, 5.41) is 0. The average Bonchev–Trinajstić information content (AvgIpc) is 2.33. The highest BCUT2D eigenvalue weighted by molar-refractivity contribution is 5.82. The Morgan fingerprint density at radius 1 is 1.26 bits per heavy atom. The molecule has 1 aliphatic rings. The average molecular weight is 271 g/mol. The van der Waals surface area contributed by atoms with Crippen LogP contribution in [0.25, 0.3) is 0 Å². The summed E-state index contributed by atoms with van der Waals surface area (Å²) >= 11 is 0. The Morgan fingerprint density at radius 3 is 2.37 bits per heavy atom. The first-order valence-electron chi connectivity index (χ1n) is 7.05. The van der Waals surface area contributed by atoms with Crippen LogP contribution in [0.3, 0.4) is 0 Å². The standard InChI is InChI=1S/C14H25NO4/c1-4-9-15(11-13(17)19-5-2)12(16)10-14(18-3)7-6-8-14/h4-11H2,1-3H3. The fourth-order valence-electron chi connectivity index (χ4n) is 2.34. The lowest BCUT2D eigenvalue weighted by Crippen LogP contribution is -2.46. The summed E-state index contributed by atoms with van der Waals surface area (Å²) in [6.07, 6.45) is 4.14. The summed E-state index contributed by atoms with van der Waals surface area (Å²) in [5.41, 5.74) is -0.294. The van der Waals surface area contributed by atoms with Gasteiger partial charge in [0.15, 0.2) is 0 Å². The molecule has 0 unspecified atom stereocenters. The molecule has 0 bridgehead atoms. The number of ether oxygens (including phenoxy) is 2. The van der Waals surface area contributed by atoms with Crippen molar-refractivity contribution in [3.05, 3.63) is 0 Å². The van der Waals surface area contributed by atoms with Crippen molar-refractivity contribution in [1.82, 2.24) is 4.90 Å². The van der Waals surface area contributed by atoms with E-state index in [0.717, 1.165) is 25.7 Å². The van der Waals surface area contributed by atoms with E-state index in [9.17, 15) is 9.59 Å². The number of amides is 1. The van der Waals surface area contributed by atoms with Crippen LogP contribution in [0.4, 0.5) is 0 Å². The molecule has 0 saturated heterocycles. The Bertz CT molecular complexity index is 307. The van der Waals surface area contributed by atoms with Crippen LogP contribution in [0.5, 0.6) is 0 Å². The fourth-order valence-corrected chi connectivity index (χ4v) is 2.34. The van der Waals surface area contributed by atoms with E-state index in [0.29, 0.717) is 19.6 Å². The normalized spacial score (nSPS) is 16.6. The Labute approximate surface area is 115 Å². The molecule has 1 amide bonds. The second-order valence-corrected chi connectivity index (χ2v) is 5.04. The number of hydrogen-bond donors (Lipinski definition) is 0. The van der Waals surface area contributed by atoms with Crippen molar-refractivity contribution in [2.75, 3.05) is 26.8 Å². The number of esters is 1. The molecule has 19 heavy (non-hydrogen) atoms. The third-order valence-corrected chi connectivity index (χ3v) is 3.64. The highest BCUT2D eigenvalue weighted by Crippen LogP contribution is 2.38. The largest absolute Gasteiger partial charge is 0.465 e. The molecule has 1 saturated carbocycles. The van der Waals surface area contributed by atoms with E-state index in [-0.39, 0.29) is 24.0 Å². The van der Waals surface area contributed by atoms with Crippen molar-refractivity contribution in [1.29, 1.82) is 0 Å². The van der Waals surface area contributed by atoms with Crippen LogP contribution in [-0.4, -0.2) is 49.2 Å². The van der Waals surface area contributed by atoms with Gasteiger partial charge in [-0.05, 0) is 32.6 Å².